The Hall–Kier alpha value is -1.96. The van der Waals surface area contributed by atoms with E-state index in [-0.39, 0.29) is 18.0 Å². The molecule has 0 aliphatic heterocycles. The molecule has 1 aromatic carbocycles. The highest BCUT2D eigenvalue weighted by atomic mass is 32.2. The fourth-order valence-electron chi connectivity index (χ4n) is 2.16. The van der Waals surface area contributed by atoms with Crippen LogP contribution in [0.3, 0.4) is 0 Å². The zero-order valence-corrected chi connectivity index (χ0v) is 14.0. The summed E-state index contributed by atoms with van der Waals surface area (Å²) in [7, 11) is -2.18. The van der Waals surface area contributed by atoms with Gasteiger partial charge in [-0.25, -0.2) is 13.4 Å². The Balaban J connectivity index is 2.24. The van der Waals surface area contributed by atoms with Crippen molar-refractivity contribution in [1.29, 1.82) is 0 Å². The van der Waals surface area contributed by atoms with E-state index in [0.29, 0.717) is 17.9 Å². The third-order valence-electron chi connectivity index (χ3n) is 3.42. The van der Waals surface area contributed by atoms with E-state index in [9.17, 15) is 8.42 Å². The van der Waals surface area contributed by atoms with E-state index in [1.165, 1.54) is 7.05 Å². The van der Waals surface area contributed by atoms with E-state index >= 15 is 0 Å². The van der Waals surface area contributed by atoms with Gasteiger partial charge in [-0.05, 0) is 30.7 Å². The minimum atomic E-state index is -3.63. The van der Waals surface area contributed by atoms with Crippen molar-refractivity contribution in [3.05, 3.63) is 53.7 Å². The minimum Gasteiger partial charge on any atom is -0.395 e. The Labute approximate surface area is 136 Å². The molecule has 0 aliphatic carbocycles. The molecule has 0 bridgehead atoms. The Morgan fingerprint density at radius 1 is 1.17 bits per heavy atom. The van der Waals surface area contributed by atoms with Crippen LogP contribution in [0.5, 0.6) is 0 Å². The van der Waals surface area contributed by atoms with Crippen molar-refractivity contribution >= 4 is 15.8 Å². The largest absolute Gasteiger partial charge is 0.395 e. The predicted molar refractivity (Wildman–Crippen MR) is 89.6 cm³/mol. The van der Waals surface area contributed by atoms with Gasteiger partial charge in [0, 0.05) is 25.8 Å². The van der Waals surface area contributed by atoms with Crippen molar-refractivity contribution in [3.63, 3.8) is 0 Å². The smallest absolute Gasteiger partial charge is 0.243 e. The van der Waals surface area contributed by atoms with Gasteiger partial charge >= 0.3 is 0 Å². The number of rotatable bonds is 7. The number of hydrogen-bond donors (Lipinski definition) is 2. The van der Waals surface area contributed by atoms with Crippen LogP contribution in [0.25, 0.3) is 0 Å². The fraction of sp³-hybridized carbons (Fsp3) is 0.312. The van der Waals surface area contributed by atoms with Gasteiger partial charge in [0.05, 0.1) is 11.5 Å². The third-order valence-corrected chi connectivity index (χ3v) is 5.38. The van der Waals surface area contributed by atoms with Gasteiger partial charge in [-0.1, -0.05) is 24.3 Å². The molecule has 1 aromatic heterocycles. The number of aliphatic hydroxyl groups excluding tert-OH is 1. The van der Waals surface area contributed by atoms with Gasteiger partial charge in [-0.3, -0.25) is 0 Å². The van der Waals surface area contributed by atoms with E-state index in [4.69, 9.17) is 5.11 Å². The quantitative estimate of drug-likeness (QED) is 0.803. The molecule has 1 heterocycles. The molecule has 0 aliphatic rings. The summed E-state index contributed by atoms with van der Waals surface area (Å²) >= 11 is 0. The topological polar surface area (TPSA) is 82.5 Å². The summed E-state index contributed by atoms with van der Waals surface area (Å²) in [5.41, 5.74) is 1.54. The van der Waals surface area contributed by atoms with Crippen molar-refractivity contribution in [2.45, 2.75) is 18.4 Å². The van der Waals surface area contributed by atoms with Gasteiger partial charge in [0.15, 0.2) is 0 Å². The Kier molecular flexibility index (Phi) is 5.70. The SMILES string of the molecule is Cc1cccc(NCc2ccccc2S(=O)(=O)N(C)CCO)n1. The molecule has 0 unspecified atom stereocenters. The first-order valence-electron chi connectivity index (χ1n) is 7.28. The molecule has 23 heavy (non-hydrogen) atoms. The normalized spacial score (nSPS) is 11.7. The molecule has 0 saturated heterocycles. The number of nitrogens with one attached hydrogen (secondary N) is 1. The van der Waals surface area contributed by atoms with Crippen LogP contribution in [0.1, 0.15) is 11.3 Å². The molecule has 124 valence electrons. The van der Waals surface area contributed by atoms with Crippen molar-refractivity contribution in [2.75, 3.05) is 25.5 Å². The number of aromatic nitrogens is 1. The van der Waals surface area contributed by atoms with Crippen LogP contribution < -0.4 is 5.32 Å². The molecule has 0 radical (unpaired) electrons. The van der Waals surface area contributed by atoms with Crippen molar-refractivity contribution in [3.8, 4) is 0 Å². The number of benzene rings is 1. The molecule has 2 N–H and O–H groups in total. The number of pyridine rings is 1. The summed E-state index contributed by atoms with van der Waals surface area (Å²) in [4.78, 5) is 4.57. The minimum absolute atomic E-state index is 0.0591. The molecular weight excluding hydrogens is 314 g/mol. The van der Waals surface area contributed by atoms with Crippen LogP contribution in [0.15, 0.2) is 47.4 Å². The molecule has 2 rings (SSSR count). The first-order chi connectivity index (χ1) is 10.9. The first kappa shape index (κ1) is 17.4. The maximum absolute atomic E-state index is 12.6. The zero-order valence-electron chi connectivity index (χ0n) is 13.2. The second-order valence-corrected chi connectivity index (χ2v) is 7.19. The van der Waals surface area contributed by atoms with E-state index in [1.54, 1.807) is 24.3 Å². The molecule has 0 fully saturated rings. The van der Waals surface area contributed by atoms with Gasteiger partial charge in [0.1, 0.15) is 5.82 Å². The lowest BCUT2D eigenvalue weighted by atomic mass is 10.2. The Morgan fingerprint density at radius 2 is 1.91 bits per heavy atom. The lowest BCUT2D eigenvalue weighted by Gasteiger charge is -2.18. The summed E-state index contributed by atoms with van der Waals surface area (Å²) in [6, 6.07) is 12.4. The van der Waals surface area contributed by atoms with Gasteiger partial charge in [-0.2, -0.15) is 4.31 Å². The number of hydrogen-bond acceptors (Lipinski definition) is 5. The molecule has 0 saturated carbocycles. The van der Waals surface area contributed by atoms with Crippen molar-refractivity contribution < 1.29 is 13.5 Å². The lowest BCUT2D eigenvalue weighted by Crippen LogP contribution is -2.30. The van der Waals surface area contributed by atoms with Crippen LogP contribution >= 0.6 is 0 Å². The summed E-state index contributed by atoms with van der Waals surface area (Å²) in [6.07, 6.45) is 0. The van der Waals surface area contributed by atoms with E-state index in [2.05, 4.69) is 10.3 Å². The molecule has 2 aromatic rings. The molecule has 0 spiro atoms. The molecule has 6 nitrogen and oxygen atoms in total. The van der Waals surface area contributed by atoms with E-state index in [1.807, 2.05) is 25.1 Å². The van der Waals surface area contributed by atoms with E-state index in [0.717, 1.165) is 10.00 Å². The fourth-order valence-corrected chi connectivity index (χ4v) is 3.54. The Bertz CT molecular complexity index is 763. The second kappa shape index (κ2) is 7.54. The van der Waals surface area contributed by atoms with Crippen molar-refractivity contribution in [1.82, 2.24) is 9.29 Å². The standard InChI is InChI=1S/C16H21N3O3S/c1-13-6-5-9-16(18-13)17-12-14-7-3-4-8-15(14)23(21,22)19(2)10-11-20/h3-9,20H,10-12H2,1-2H3,(H,17,18). The summed E-state index contributed by atoms with van der Waals surface area (Å²) in [5, 5.41) is 12.1. The van der Waals surface area contributed by atoms with E-state index < -0.39 is 10.0 Å². The van der Waals surface area contributed by atoms with Crippen LogP contribution in [0.4, 0.5) is 5.82 Å². The first-order valence-corrected chi connectivity index (χ1v) is 8.72. The maximum Gasteiger partial charge on any atom is 0.243 e. The average molecular weight is 335 g/mol. The number of aliphatic hydroxyl groups is 1. The number of sulfonamides is 1. The van der Waals surface area contributed by atoms with Crippen LogP contribution in [-0.4, -0.2) is 43.0 Å². The molecule has 0 amide bonds. The monoisotopic (exact) mass is 335 g/mol. The summed E-state index contributed by atoms with van der Waals surface area (Å²) < 4.78 is 26.3. The summed E-state index contributed by atoms with van der Waals surface area (Å²) in [5.74, 6) is 0.695. The van der Waals surface area contributed by atoms with Crippen LogP contribution in [0, 0.1) is 6.92 Å². The second-order valence-electron chi connectivity index (χ2n) is 5.18. The molecule has 0 atom stereocenters. The predicted octanol–water partition coefficient (Wildman–Crippen LogP) is 1.61. The number of anilines is 1. The molecule has 7 heteroatoms. The van der Waals surface area contributed by atoms with Crippen molar-refractivity contribution in [2.24, 2.45) is 0 Å². The third kappa shape index (κ3) is 4.28. The van der Waals surface area contributed by atoms with Gasteiger partial charge in [-0.15, -0.1) is 0 Å². The Morgan fingerprint density at radius 3 is 2.61 bits per heavy atom. The van der Waals surface area contributed by atoms with Gasteiger partial charge < -0.3 is 10.4 Å². The highest BCUT2D eigenvalue weighted by Gasteiger charge is 2.23. The molecular formula is C16H21N3O3S. The van der Waals surface area contributed by atoms with Gasteiger partial charge in [0.2, 0.25) is 10.0 Å². The lowest BCUT2D eigenvalue weighted by molar-refractivity contribution is 0.266. The van der Waals surface area contributed by atoms with Crippen LogP contribution in [-0.2, 0) is 16.6 Å². The van der Waals surface area contributed by atoms with Crippen LogP contribution in [0.2, 0.25) is 0 Å². The maximum atomic E-state index is 12.6. The van der Waals surface area contributed by atoms with Gasteiger partial charge in [0.25, 0.3) is 0 Å². The summed E-state index contributed by atoms with van der Waals surface area (Å²) in [6.45, 7) is 2.08. The zero-order chi connectivity index (χ0) is 16.9. The number of nitrogens with zero attached hydrogens (tertiary/aromatic N) is 2. The number of aryl methyl sites for hydroxylation is 1. The highest BCUT2D eigenvalue weighted by Crippen LogP contribution is 2.20. The highest BCUT2D eigenvalue weighted by molar-refractivity contribution is 7.89. The average Bonchev–Trinajstić information content (AvgIpc) is 2.53. The number of likely N-dealkylation sites (N-methyl/N-ethyl adjacent to an activating group) is 1.